The van der Waals surface area contributed by atoms with Crippen LogP contribution >= 0.6 is 23.2 Å². The maximum absolute atomic E-state index is 12.9. The Labute approximate surface area is 154 Å². The number of aromatic amines is 1. The highest BCUT2D eigenvalue weighted by Crippen LogP contribution is 2.27. The van der Waals surface area contributed by atoms with E-state index in [0.29, 0.717) is 35.2 Å². The van der Waals surface area contributed by atoms with Gasteiger partial charge in [0, 0.05) is 19.6 Å². The molecule has 0 radical (unpaired) electrons. The van der Waals surface area contributed by atoms with Gasteiger partial charge >= 0.3 is 0 Å². The molecule has 1 atom stereocenters. The topological polar surface area (TPSA) is 61.0 Å². The van der Waals surface area contributed by atoms with Crippen LogP contribution < -0.4 is 5.32 Å². The van der Waals surface area contributed by atoms with E-state index in [-0.39, 0.29) is 11.9 Å². The number of carbonyl (C=O) groups is 1. The third-order valence-electron chi connectivity index (χ3n) is 4.38. The van der Waals surface area contributed by atoms with Crippen LogP contribution in [0.25, 0.3) is 11.0 Å². The standard InChI is InChI=1S/C18H16Cl2N4O/c19-11-4-3-5-12(20)16(11)18(25)24-9-8-21-15(10-24)17-22-13-6-1-2-7-14(13)23-17/h1-7,15,21H,8-10H2,(H,22,23). The van der Waals surface area contributed by atoms with Gasteiger partial charge in [-0.3, -0.25) is 4.79 Å². The summed E-state index contributed by atoms with van der Waals surface area (Å²) in [5.74, 6) is 0.669. The van der Waals surface area contributed by atoms with Gasteiger partial charge in [-0.2, -0.15) is 0 Å². The van der Waals surface area contributed by atoms with Crippen LogP contribution in [0, 0.1) is 0 Å². The average molecular weight is 375 g/mol. The molecule has 0 spiro atoms. The zero-order valence-corrected chi connectivity index (χ0v) is 14.8. The number of hydrogen-bond acceptors (Lipinski definition) is 3. The molecule has 1 aliphatic heterocycles. The van der Waals surface area contributed by atoms with Crippen LogP contribution in [0.1, 0.15) is 22.2 Å². The molecule has 25 heavy (non-hydrogen) atoms. The first-order valence-corrected chi connectivity index (χ1v) is 8.80. The molecular weight excluding hydrogens is 359 g/mol. The Kier molecular flexibility index (Phi) is 4.37. The molecule has 2 N–H and O–H groups in total. The highest BCUT2D eigenvalue weighted by atomic mass is 35.5. The number of aromatic nitrogens is 2. The van der Waals surface area contributed by atoms with Crippen LogP contribution in [0.4, 0.5) is 0 Å². The number of para-hydroxylation sites is 2. The van der Waals surface area contributed by atoms with Gasteiger partial charge in [0.1, 0.15) is 5.82 Å². The number of amides is 1. The van der Waals surface area contributed by atoms with Crippen molar-refractivity contribution in [2.24, 2.45) is 0 Å². The van der Waals surface area contributed by atoms with Crippen molar-refractivity contribution in [1.82, 2.24) is 20.2 Å². The van der Waals surface area contributed by atoms with Crippen molar-refractivity contribution >= 4 is 40.1 Å². The van der Waals surface area contributed by atoms with Gasteiger partial charge < -0.3 is 15.2 Å². The summed E-state index contributed by atoms with van der Waals surface area (Å²) in [4.78, 5) is 22.6. The number of H-pyrrole nitrogens is 1. The summed E-state index contributed by atoms with van der Waals surface area (Å²) in [5.41, 5.74) is 2.25. The zero-order valence-electron chi connectivity index (χ0n) is 13.3. The number of fused-ring (bicyclic) bond motifs is 1. The molecule has 1 fully saturated rings. The van der Waals surface area contributed by atoms with Gasteiger partial charge in [0.25, 0.3) is 5.91 Å². The predicted octanol–water partition coefficient (Wildman–Crippen LogP) is 3.66. The minimum atomic E-state index is -0.154. The number of nitrogens with zero attached hydrogens (tertiary/aromatic N) is 2. The molecule has 0 bridgehead atoms. The Morgan fingerprint density at radius 3 is 2.64 bits per heavy atom. The number of benzene rings is 2. The zero-order chi connectivity index (χ0) is 17.4. The number of nitrogens with one attached hydrogen (secondary N) is 2. The molecular formula is C18H16Cl2N4O. The van der Waals surface area contributed by atoms with E-state index in [0.717, 1.165) is 16.9 Å². The van der Waals surface area contributed by atoms with Gasteiger partial charge in [0.2, 0.25) is 0 Å². The Bertz CT molecular complexity index is 886. The monoisotopic (exact) mass is 374 g/mol. The maximum atomic E-state index is 12.9. The summed E-state index contributed by atoms with van der Waals surface area (Å²) < 4.78 is 0. The molecule has 7 heteroatoms. The van der Waals surface area contributed by atoms with E-state index in [1.807, 2.05) is 24.3 Å². The fourth-order valence-corrected chi connectivity index (χ4v) is 3.67. The summed E-state index contributed by atoms with van der Waals surface area (Å²) in [6.07, 6.45) is 0. The van der Waals surface area contributed by atoms with Crippen molar-refractivity contribution < 1.29 is 4.79 Å². The fourth-order valence-electron chi connectivity index (χ4n) is 3.12. The van der Waals surface area contributed by atoms with E-state index in [1.54, 1.807) is 23.1 Å². The lowest BCUT2D eigenvalue weighted by atomic mass is 10.1. The number of imidazole rings is 1. The third kappa shape index (κ3) is 3.11. The van der Waals surface area contributed by atoms with Gasteiger partial charge in [-0.25, -0.2) is 4.98 Å². The van der Waals surface area contributed by atoms with Crippen molar-refractivity contribution in [3.05, 3.63) is 63.9 Å². The van der Waals surface area contributed by atoms with E-state index in [2.05, 4.69) is 15.3 Å². The molecule has 1 aliphatic rings. The van der Waals surface area contributed by atoms with E-state index in [9.17, 15) is 4.79 Å². The first-order valence-electron chi connectivity index (χ1n) is 8.05. The van der Waals surface area contributed by atoms with Crippen LogP contribution in [-0.4, -0.2) is 40.4 Å². The minimum absolute atomic E-state index is 0.0636. The van der Waals surface area contributed by atoms with Gasteiger partial charge in [-0.05, 0) is 24.3 Å². The smallest absolute Gasteiger partial charge is 0.256 e. The lowest BCUT2D eigenvalue weighted by Gasteiger charge is -2.33. The summed E-state index contributed by atoms with van der Waals surface area (Å²) >= 11 is 12.4. The fraction of sp³-hybridized carbons (Fsp3) is 0.222. The lowest BCUT2D eigenvalue weighted by Crippen LogP contribution is -2.48. The van der Waals surface area contributed by atoms with Crippen LogP contribution in [0.15, 0.2) is 42.5 Å². The van der Waals surface area contributed by atoms with Crippen molar-refractivity contribution in [1.29, 1.82) is 0 Å². The maximum Gasteiger partial charge on any atom is 0.256 e. The second-order valence-electron chi connectivity index (χ2n) is 5.99. The number of rotatable bonds is 2. The Hall–Kier alpha value is -2.08. The molecule has 0 aliphatic carbocycles. The highest BCUT2D eigenvalue weighted by molar-refractivity contribution is 6.39. The van der Waals surface area contributed by atoms with Gasteiger partial charge in [0.15, 0.2) is 0 Å². The van der Waals surface area contributed by atoms with Crippen molar-refractivity contribution in [2.45, 2.75) is 6.04 Å². The molecule has 1 aromatic heterocycles. The molecule has 128 valence electrons. The van der Waals surface area contributed by atoms with Crippen molar-refractivity contribution in [3.8, 4) is 0 Å². The van der Waals surface area contributed by atoms with E-state index in [4.69, 9.17) is 23.2 Å². The Morgan fingerprint density at radius 2 is 1.88 bits per heavy atom. The molecule has 1 amide bonds. The highest BCUT2D eigenvalue weighted by Gasteiger charge is 2.29. The van der Waals surface area contributed by atoms with Crippen molar-refractivity contribution in [2.75, 3.05) is 19.6 Å². The molecule has 2 heterocycles. The van der Waals surface area contributed by atoms with Crippen LogP contribution in [0.2, 0.25) is 10.0 Å². The average Bonchev–Trinajstić information content (AvgIpc) is 3.06. The van der Waals surface area contributed by atoms with Gasteiger partial charge in [-0.1, -0.05) is 41.4 Å². The summed E-state index contributed by atoms with van der Waals surface area (Å²) in [6, 6.07) is 12.9. The molecule has 3 aromatic rings. The summed E-state index contributed by atoms with van der Waals surface area (Å²) in [6.45, 7) is 1.77. The van der Waals surface area contributed by atoms with Crippen LogP contribution in [0.3, 0.4) is 0 Å². The molecule has 4 rings (SSSR count). The molecule has 1 unspecified atom stereocenters. The third-order valence-corrected chi connectivity index (χ3v) is 5.01. The predicted molar refractivity (Wildman–Crippen MR) is 99.2 cm³/mol. The van der Waals surface area contributed by atoms with E-state index in [1.165, 1.54) is 0 Å². The SMILES string of the molecule is O=C(c1c(Cl)cccc1Cl)N1CCNC(c2nc3ccccc3[nH]2)C1. The minimum Gasteiger partial charge on any atom is -0.341 e. The first kappa shape index (κ1) is 16.4. The summed E-state index contributed by atoms with van der Waals surface area (Å²) in [5, 5.41) is 4.15. The first-order chi connectivity index (χ1) is 12.1. The van der Waals surface area contributed by atoms with Gasteiger partial charge in [-0.15, -0.1) is 0 Å². The normalized spacial score (nSPS) is 17.8. The Morgan fingerprint density at radius 1 is 1.12 bits per heavy atom. The lowest BCUT2D eigenvalue weighted by molar-refractivity contribution is 0.0700. The second-order valence-corrected chi connectivity index (χ2v) is 6.81. The van der Waals surface area contributed by atoms with E-state index < -0.39 is 0 Å². The van der Waals surface area contributed by atoms with Gasteiger partial charge in [0.05, 0.1) is 32.7 Å². The molecule has 0 saturated carbocycles. The quantitative estimate of drug-likeness (QED) is 0.719. The second kappa shape index (κ2) is 6.67. The van der Waals surface area contributed by atoms with E-state index >= 15 is 0 Å². The number of halogens is 2. The Balaban J connectivity index is 1.59. The molecule has 2 aromatic carbocycles. The number of carbonyl (C=O) groups excluding carboxylic acids is 1. The van der Waals surface area contributed by atoms with Crippen LogP contribution in [-0.2, 0) is 0 Å². The molecule has 5 nitrogen and oxygen atoms in total. The van der Waals surface area contributed by atoms with Crippen LogP contribution in [0.5, 0.6) is 0 Å². The number of hydrogen-bond donors (Lipinski definition) is 2. The largest absolute Gasteiger partial charge is 0.341 e. The van der Waals surface area contributed by atoms with Crippen molar-refractivity contribution in [3.63, 3.8) is 0 Å². The molecule has 1 saturated heterocycles. The summed E-state index contributed by atoms with van der Waals surface area (Å²) in [7, 11) is 0. The number of piperazine rings is 1.